The zero-order valence-electron chi connectivity index (χ0n) is 31.1. The Kier molecular flexibility index (Phi) is 10.7. The van der Waals surface area contributed by atoms with Crippen LogP contribution in [0.2, 0.25) is 0 Å². The number of hydrogen-bond donors (Lipinski definition) is 0. The second kappa shape index (κ2) is 16.1. The monoisotopic (exact) mass is 700 g/mol. The smallest absolute Gasteiger partial charge is 0.143 e. The molecule has 2 heterocycles. The van der Waals surface area contributed by atoms with Crippen LogP contribution in [0.15, 0.2) is 114 Å². The van der Waals surface area contributed by atoms with Gasteiger partial charge >= 0.3 is 0 Å². The van der Waals surface area contributed by atoms with Crippen molar-refractivity contribution in [3.8, 4) is 22.3 Å². The highest BCUT2D eigenvalue weighted by Gasteiger charge is 2.22. The third kappa shape index (κ3) is 7.03. The standard InChI is InChI=1S/C50H52OS/c1-3-5-7-9-11-13-19-35-25-29-37(30-26-35)41-34-44-40-22-16-18-24-46(40)52-50(44)48-42(33-43-39-21-15-17-23-45(39)51-49(43)47(41)48)38-31-27-36(28-32-38)20-14-12-10-8-6-4-2/h15-18,21-34H,3-14,19-20H2,1-2H3. The lowest BCUT2D eigenvalue weighted by molar-refractivity contribution is 0.607. The van der Waals surface area contributed by atoms with Crippen LogP contribution in [0.1, 0.15) is 102 Å². The molecule has 0 unspecified atom stereocenters. The van der Waals surface area contributed by atoms with Crippen LogP contribution in [-0.4, -0.2) is 0 Å². The van der Waals surface area contributed by atoms with Crippen LogP contribution < -0.4 is 0 Å². The van der Waals surface area contributed by atoms with Crippen LogP contribution in [0.25, 0.3) is 75.1 Å². The molecule has 6 aromatic carbocycles. The molecule has 2 aromatic heterocycles. The van der Waals surface area contributed by atoms with E-state index in [9.17, 15) is 0 Å². The molecule has 52 heavy (non-hydrogen) atoms. The lowest BCUT2D eigenvalue weighted by Gasteiger charge is -2.15. The van der Waals surface area contributed by atoms with E-state index in [0.29, 0.717) is 0 Å². The van der Waals surface area contributed by atoms with Gasteiger partial charge in [-0.1, -0.05) is 163 Å². The van der Waals surface area contributed by atoms with Crippen molar-refractivity contribution in [3.05, 3.63) is 120 Å². The molecule has 8 rings (SSSR count). The fourth-order valence-corrected chi connectivity index (χ4v) is 9.59. The van der Waals surface area contributed by atoms with Crippen molar-refractivity contribution < 1.29 is 4.42 Å². The number of fused-ring (bicyclic) bond motifs is 9. The van der Waals surface area contributed by atoms with Gasteiger partial charge in [-0.2, -0.15) is 0 Å². The first-order valence-corrected chi connectivity index (χ1v) is 21.0. The average molecular weight is 701 g/mol. The van der Waals surface area contributed by atoms with Gasteiger partial charge in [0.15, 0.2) is 0 Å². The summed E-state index contributed by atoms with van der Waals surface area (Å²) in [4.78, 5) is 0. The molecule has 0 aliphatic carbocycles. The molecule has 2 heteroatoms. The lowest BCUT2D eigenvalue weighted by Crippen LogP contribution is -1.91. The number of para-hydroxylation sites is 1. The summed E-state index contributed by atoms with van der Waals surface area (Å²) < 4.78 is 9.53. The van der Waals surface area contributed by atoms with Crippen molar-refractivity contribution in [2.24, 2.45) is 0 Å². The van der Waals surface area contributed by atoms with E-state index in [2.05, 4.69) is 123 Å². The van der Waals surface area contributed by atoms with Crippen LogP contribution >= 0.6 is 11.3 Å². The van der Waals surface area contributed by atoms with Gasteiger partial charge in [0.1, 0.15) is 11.2 Å². The molecule has 0 bridgehead atoms. The molecular formula is C50H52OS. The van der Waals surface area contributed by atoms with Gasteiger partial charge in [-0.05, 0) is 83.3 Å². The molecule has 0 saturated carbocycles. The molecule has 0 aliphatic rings. The molecule has 8 aromatic rings. The van der Waals surface area contributed by atoms with E-state index in [4.69, 9.17) is 4.42 Å². The maximum absolute atomic E-state index is 6.86. The largest absolute Gasteiger partial charge is 0.455 e. The van der Waals surface area contributed by atoms with Crippen LogP contribution in [0, 0.1) is 0 Å². The Balaban J connectivity index is 1.27. The number of benzene rings is 6. The van der Waals surface area contributed by atoms with E-state index < -0.39 is 0 Å². The number of furan rings is 1. The summed E-state index contributed by atoms with van der Waals surface area (Å²) in [6, 6.07) is 41.3. The first-order chi connectivity index (χ1) is 25.7. The number of aryl methyl sites for hydroxylation is 2. The molecule has 0 radical (unpaired) electrons. The Morgan fingerprint density at radius 2 is 0.981 bits per heavy atom. The number of unbranched alkanes of at least 4 members (excludes halogenated alkanes) is 10. The highest BCUT2D eigenvalue weighted by atomic mass is 32.1. The van der Waals surface area contributed by atoms with Crippen molar-refractivity contribution in [1.82, 2.24) is 0 Å². The van der Waals surface area contributed by atoms with Crippen LogP contribution in [0.4, 0.5) is 0 Å². The number of rotatable bonds is 16. The van der Waals surface area contributed by atoms with Crippen LogP contribution in [0.5, 0.6) is 0 Å². The average Bonchev–Trinajstić information content (AvgIpc) is 3.76. The van der Waals surface area contributed by atoms with Crippen molar-refractivity contribution in [1.29, 1.82) is 0 Å². The molecule has 0 fully saturated rings. The predicted octanol–water partition coefficient (Wildman–Crippen LogP) is 16.2. The zero-order valence-corrected chi connectivity index (χ0v) is 31.9. The third-order valence-electron chi connectivity index (χ3n) is 11.3. The maximum atomic E-state index is 6.86. The van der Waals surface area contributed by atoms with E-state index in [1.165, 1.54) is 152 Å². The van der Waals surface area contributed by atoms with Gasteiger partial charge < -0.3 is 4.42 Å². The normalized spacial score (nSPS) is 12.0. The van der Waals surface area contributed by atoms with Gasteiger partial charge in [-0.3, -0.25) is 0 Å². The van der Waals surface area contributed by atoms with Crippen molar-refractivity contribution in [2.45, 2.75) is 104 Å². The Bertz CT molecular complexity index is 2250. The molecule has 0 atom stereocenters. The Labute approximate surface area is 313 Å². The Morgan fingerprint density at radius 3 is 1.62 bits per heavy atom. The third-order valence-corrected chi connectivity index (χ3v) is 12.5. The summed E-state index contributed by atoms with van der Waals surface area (Å²) in [7, 11) is 0. The summed E-state index contributed by atoms with van der Waals surface area (Å²) >= 11 is 1.92. The summed E-state index contributed by atoms with van der Waals surface area (Å²) in [6.07, 6.45) is 18.2. The molecular weight excluding hydrogens is 649 g/mol. The van der Waals surface area contributed by atoms with E-state index in [1.54, 1.807) is 0 Å². The quantitative estimate of drug-likeness (QED) is 0.0915. The lowest BCUT2D eigenvalue weighted by atomic mass is 9.88. The zero-order chi connectivity index (χ0) is 35.3. The highest BCUT2D eigenvalue weighted by molar-refractivity contribution is 7.26. The fourth-order valence-electron chi connectivity index (χ4n) is 8.34. The van der Waals surface area contributed by atoms with Gasteiger partial charge in [-0.25, -0.2) is 0 Å². The van der Waals surface area contributed by atoms with E-state index in [0.717, 1.165) is 24.0 Å². The molecule has 0 amide bonds. The fraction of sp³-hybridized carbons (Fsp3) is 0.320. The molecule has 264 valence electrons. The second-order valence-electron chi connectivity index (χ2n) is 15.0. The minimum atomic E-state index is 0.946. The minimum Gasteiger partial charge on any atom is -0.455 e. The van der Waals surface area contributed by atoms with Gasteiger partial charge in [0.2, 0.25) is 0 Å². The Hall–Kier alpha value is -4.40. The molecule has 0 N–H and O–H groups in total. The van der Waals surface area contributed by atoms with Gasteiger partial charge in [0.05, 0.1) is 0 Å². The number of thiophene rings is 1. The summed E-state index contributed by atoms with van der Waals surface area (Å²) in [6.45, 7) is 4.58. The summed E-state index contributed by atoms with van der Waals surface area (Å²) in [5.74, 6) is 0. The molecule has 0 aliphatic heterocycles. The Morgan fingerprint density at radius 1 is 0.462 bits per heavy atom. The molecule has 1 nitrogen and oxygen atoms in total. The first-order valence-electron chi connectivity index (χ1n) is 20.1. The second-order valence-corrected chi connectivity index (χ2v) is 16.0. The van der Waals surface area contributed by atoms with Gasteiger partial charge in [0.25, 0.3) is 0 Å². The van der Waals surface area contributed by atoms with Crippen LogP contribution in [0.3, 0.4) is 0 Å². The van der Waals surface area contributed by atoms with E-state index in [-0.39, 0.29) is 0 Å². The topological polar surface area (TPSA) is 13.1 Å². The van der Waals surface area contributed by atoms with Crippen molar-refractivity contribution in [3.63, 3.8) is 0 Å². The predicted molar refractivity (Wildman–Crippen MR) is 229 cm³/mol. The molecule has 0 spiro atoms. The van der Waals surface area contributed by atoms with Gasteiger partial charge in [0, 0.05) is 41.7 Å². The van der Waals surface area contributed by atoms with E-state index in [1.807, 2.05) is 11.3 Å². The van der Waals surface area contributed by atoms with Crippen molar-refractivity contribution in [2.75, 3.05) is 0 Å². The van der Waals surface area contributed by atoms with E-state index >= 15 is 0 Å². The van der Waals surface area contributed by atoms with Crippen molar-refractivity contribution >= 4 is 64.2 Å². The summed E-state index contributed by atoms with van der Waals surface area (Å²) in [5, 5.41) is 7.56. The first kappa shape index (κ1) is 34.7. The minimum absolute atomic E-state index is 0.946. The summed E-state index contributed by atoms with van der Waals surface area (Å²) in [5.41, 5.74) is 9.87. The molecule has 0 saturated heterocycles. The number of hydrogen-bond acceptors (Lipinski definition) is 2. The highest BCUT2D eigenvalue weighted by Crippen LogP contribution is 2.50. The van der Waals surface area contributed by atoms with Crippen LogP contribution in [-0.2, 0) is 12.8 Å². The maximum Gasteiger partial charge on any atom is 0.143 e. The SMILES string of the molecule is CCCCCCCCc1ccc(-c2cc3c4ccccc4sc3c3c(-c4ccc(CCCCCCCC)cc4)cc4c5ccccc5oc4c23)cc1. The van der Waals surface area contributed by atoms with Gasteiger partial charge in [-0.15, -0.1) is 11.3 Å².